The highest BCUT2D eigenvalue weighted by Gasteiger charge is 2.29. The quantitative estimate of drug-likeness (QED) is 0.746. The minimum atomic E-state index is -0.463. The Kier molecular flexibility index (Phi) is 4.54. The van der Waals surface area contributed by atoms with E-state index in [2.05, 4.69) is 0 Å². The molecule has 0 aliphatic heterocycles. The van der Waals surface area contributed by atoms with Crippen molar-refractivity contribution in [2.24, 2.45) is 0 Å². The van der Waals surface area contributed by atoms with Gasteiger partial charge in [-0.25, -0.2) is 4.79 Å². The van der Waals surface area contributed by atoms with Gasteiger partial charge in [-0.3, -0.25) is 4.79 Å². The number of carbonyl (C=O) groups excluding carboxylic acids is 2. The molecule has 1 aliphatic rings. The highest BCUT2D eigenvalue weighted by Crippen LogP contribution is 2.22. The van der Waals surface area contributed by atoms with Gasteiger partial charge < -0.3 is 9.64 Å². The number of ether oxygens (including phenoxy) is 1. The van der Waals surface area contributed by atoms with E-state index >= 15 is 0 Å². The molecule has 0 aromatic rings. The summed E-state index contributed by atoms with van der Waals surface area (Å²) in [5.41, 5.74) is -0.463. The molecule has 1 amide bonds. The molecule has 0 aromatic carbocycles. The Morgan fingerprint density at radius 3 is 2.29 bits per heavy atom. The van der Waals surface area contributed by atoms with Crippen LogP contribution in [0.1, 0.15) is 53.4 Å². The van der Waals surface area contributed by atoms with Gasteiger partial charge in [-0.05, 0) is 40.5 Å². The van der Waals surface area contributed by atoms with E-state index in [0.29, 0.717) is 25.2 Å². The summed E-state index contributed by atoms with van der Waals surface area (Å²) in [5.74, 6) is 0.307. The van der Waals surface area contributed by atoms with E-state index in [0.717, 1.165) is 12.8 Å². The molecule has 4 heteroatoms. The molecule has 0 saturated heterocycles. The predicted molar refractivity (Wildman–Crippen MR) is 65.9 cm³/mol. The van der Waals surface area contributed by atoms with Crippen LogP contribution in [0.4, 0.5) is 4.79 Å². The Bertz CT molecular complexity index is 284. The number of Topliss-reactive ketones (excluding diaryl/α,β-unsaturated/α-hetero) is 1. The maximum absolute atomic E-state index is 12.0. The van der Waals surface area contributed by atoms with E-state index in [-0.39, 0.29) is 12.1 Å². The molecule has 0 heterocycles. The first kappa shape index (κ1) is 14.0. The van der Waals surface area contributed by atoms with Crippen molar-refractivity contribution < 1.29 is 14.3 Å². The summed E-state index contributed by atoms with van der Waals surface area (Å²) in [5, 5.41) is 0. The van der Waals surface area contributed by atoms with E-state index in [1.54, 1.807) is 4.90 Å². The summed E-state index contributed by atoms with van der Waals surface area (Å²) in [6, 6.07) is 0.160. The van der Waals surface area contributed by atoms with E-state index < -0.39 is 5.60 Å². The van der Waals surface area contributed by atoms with Crippen molar-refractivity contribution in [1.29, 1.82) is 0 Å². The fourth-order valence-corrected chi connectivity index (χ4v) is 2.09. The molecule has 0 unspecified atom stereocenters. The van der Waals surface area contributed by atoms with Gasteiger partial charge in [0.25, 0.3) is 0 Å². The van der Waals surface area contributed by atoms with Gasteiger partial charge >= 0.3 is 6.09 Å². The highest BCUT2D eigenvalue weighted by molar-refractivity contribution is 5.79. The fourth-order valence-electron chi connectivity index (χ4n) is 2.09. The maximum Gasteiger partial charge on any atom is 0.410 e. The molecular weight excluding hydrogens is 218 g/mol. The molecular formula is C13H23NO3. The van der Waals surface area contributed by atoms with Crippen LogP contribution in [0.2, 0.25) is 0 Å². The molecule has 98 valence electrons. The van der Waals surface area contributed by atoms with Crippen LogP contribution in [0.25, 0.3) is 0 Å². The molecule has 0 aromatic heterocycles. The first-order chi connectivity index (χ1) is 7.83. The molecule has 4 nitrogen and oxygen atoms in total. The smallest absolute Gasteiger partial charge is 0.410 e. The van der Waals surface area contributed by atoms with E-state index in [1.165, 1.54) is 0 Å². The van der Waals surface area contributed by atoms with E-state index in [4.69, 9.17) is 4.74 Å². The number of carbonyl (C=O) groups is 2. The topological polar surface area (TPSA) is 46.6 Å². The van der Waals surface area contributed by atoms with Crippen LogP contribution in [-0.4, -0.2) is 35.0 Å². The lowest BCUT2D eigenvalue weighted by Crippen LogP contribution is -2.44. The molecule has 17 heavy (non-hydrogen) atoms. The molecule has 0 bridgehead atoms. The molecule has 1 fully saturated rings. The van der Waals surface area contributed by atoms with Crippen molar-refractivity contribution in [3.63, 3.8) is 0 Å². The lowest BCUT2D eigenvalue weighted by molar-refractivity contribution is -0.121. The second-order valence-electron chi connectivity index (χ2n) is 5.54. The van der Waals surface area contributed by atoms with Crippen molar-refractivity contribution in [2.75, 3.05) is 6.54 Å². The number of amides is 1. The van der Waals surface area contributed by atoms with E-state index in [1.807, 2.05) is 27.7 Å². The normalized spacial score (nSPS) is 18.0. The zero-order chi connectivity index (χ0) is 13.1. The second-order valence-corrected chi connectivity index (χ2v) is 5.54. The van der Waals surface area contributed by atoms with Crippen molar-refractivity contribution in [3.8, 4) is 0 Å². The summed E-state index contributed by atoms with van der Waals surface area (Å²) >= 11 is 0. The SMILES string of the molecule is CCN(C(=O)OC(C)(C)C)C1CCC(=O)CC1. The maximum atomic E-state index is 12.0. The van der Waals surface area contributed by atoms with E-state index in [9.17, 15) is 9.59 Å². The lowest BCUT2D eigenvalue weighted by atomic mass is 9.93. The molecule has 0 radical (unpaired) electrons. The summed E-state index contributed by atoms with van der Waals surface area (Å²) in [7, 11) is 0. The molecule has 0 N–H and O–H groups in total. The number of hydrogen-bond acceptors (Lipinski definition) is 3. The van der Waals surface area contributed by atoms with Gasteiger partial charge in [-0.1, -0.05) is 0 Å². The third-order valence-corrected chi connectivity index (χ3v) is 2.92. The molecule has 0 atom stereocenters. The Labute approximate surface area is 103 Å². The van der Waals surface area contributed by atoms with Gasteiger partial charge in [-0.15, -0.1) is 0 Å². The Balaban J connectivity index is 2.58. The van der Waals surface area contributed by atoms with Gasteiger partial charge in [0.1, 0.15) is 11.4 Å². The van der Waals surface area contributed by atoms with Crippen LogP contribution in [0.3, 0.4) is 0 Å². The van der Waals surface area contributed by atoms with Crippen molar-refractivity contribution in [1.82, 2.24) is 4.90 Å². The fraction of sp³-hybridized carbons (Fsp3) is 0.846. The summed E-state index contributed by atoms with van der Waals surface area (Å²) in [6.45, 7) is 8.17. The Morgan fingerprint density at radius 2 is 1.88 bits per heavy atom. The van der Waals surface area contributed by atoms with Crippen molar-refractivity contribution in [2.45, 2.75) is 65.0 Å². The number of nitrogens with zero attached hydrogens (tertiary/aromatic N) is 1. The van der Waals surface area contributed by atoms with Crippen molar-refractivity contribution in [3.05, 3.63) is 0 Å². The highest BCUT2D eigenvalue weighted by atomic mass is 16.6. The van der Waals surface area contributed by atoms with Crippen molar-refractivity contribution >= 4 is 11.9 Å². The van der Waals surface area contributed by atoms with Crippen LogP contribution >= 0.6 is 0 Å². The zero-order valence-electron chi connectivity index (χ0n) is 11.3. The number of rotatable bonds is 2. The second kappa shape index (κ2) is 5.52. The van der Waals surface area contributed by atoms with Crippen LogP contribution in [0.5, 0.6) is 0 Å². The van der Waals surface area contributed by atoms with Gasteiger partial charge in [0.05, 0.1) is 0 Å². The molecule has 0 spiro atoms. The van der Waals surface area contributed by atoms with Gasteiger partial charge in [0.15, 0.2) is 0 Å². The first-order valence-corrected chi connectivity index (χ1v) is 6.35. The lowest BCUT2D eigenvalue weighted by Gasteiger charge is -2.34. The number of ketones is 1. The third-order valence-electron chi connectivity index (χ3n) is 2.92. The molecule has 1 rings (SSSR count). The first-order valence-electron chi connectivity index (χ1n) is 6.35. The average Bonchev–Trinajstić information content (AvgIpc) is 2.19. The van der Waals surface area contributed by atoms with Gasteiger partial charge in [0.2, 0.25) is 0 Å². The van der Waals surface area contributed by atoms with Crippen LogP contribution < -0.4 is 0 Å². The van der Waals surface area contributed by atoms with Gasteiger partial charge in [0, 0.05) is 25.4 Å². The minimum Gasteiger partial charge on any atom is -0.444 e. The minimum absolute atomic E-state index is 0.160. The molecule has 1 aliphatic carbocycles. The largest absolute Gasteiger partial charge is 0.444 e. The summed E-state index contributed by atoms with van der Waals surface area (Å²) in [6.07, 6.45) is 2.45. The third kappa shape index (κ3) is 4.36. The number of hydrogen-bond donors (Lipinski definition) is 0. The standard InChI is InChI=1S/C13H23NO3/c1-5-14(12(16)17-13(2,3)4)10-6-8-11(15)9-7-10/h10H,5-9H2,1-4H3. The van der Waals surface area contributed by atoms with Gasteiger partial charge in [-0.2, -0.15) is 0 Å². The van der Waals surface area contributed by atoms with Crippen LogP contribution in [0, 0.1) is 0 Å². The zero-order valence-corrected chi connectivity index (χ0v) is 11.3. The Hall–Kier alpha value is -1.06. The predicted octanol–water partition coefficient (Wildman–Crippen LogP) is 2.76. The average molecular weight is 241 g/mol. The summed E-state index contributed by atoms with van der Waals surface area (Å²) in [4.78, 5) is 24.9. The monoisotopic (exact) mass is 241 g/mol. The van der Waals surface area contributed by atoms with Crippen LogP contribution in [-0.2, 0) is 9.53 Å². The Morgan fingerprint density at radius 1 is 1.35 bits per heavy atom. The van der Waals surface area contributed by atoms with Crippen LogP contribution in [0.15, 0.2) is 0 Å². The summed E-state index contributed by atoms with van der Waals surface area (Å²) < 4.78 is 5.37. The molecule has 1 saturated carbocycles.